The molecule has 25 heavy (non-hydrogen) atoms. The van der Waals surface area contributed by atoms with E-state index in [0.29, 0.717) is 12.0 Å². The fourth-order valence-corrected chi connectivity index (χ4v) is 3.08. The molecule has 6 heteroatoms. The molecule has 1 aliphatic rings. The Hall–Kier alpha value is -1.57. The Morgan fingerprint density at radius 3 is 2.72 bits per heavy atom. The summed E-state index contributed by atoms with van der Waals surface area (Å²) in [5, 5.41) is 3.41. The number of aromatic nitrogens is 2. The van der Waals surface area contributed by atoms with Crippen molar-refractivity contribution in [3.8, 4) is 11.3 Å². The van der Waals surface area contributed by atoms with Gasteiger partial charge in [0, 0.05) is 19.6 Å². The second kappa shape index (κ2) is 8.69. The number of rotatable bonds is 4. The molecule has 0 atom stereocenters. The number of benzene rings is 1. The lowest BCUT2D eigenvalue weighted by atomic mass is 9.93. The zero-order chi connectivity index (χ0) is 17.0. The number of likely N-dealkylation sites (tertiary alicyclic amines) is 1. The normalized spacial score (nSPS) is 16.6. The van der Waals surface area contributed by atoms with Crippen LogP contribution in [-0.2, 0) is 6.54 Å². The minimum atomic E-state index is 0. The monoisotopic (exact) mass is 453 g/mol. The Kier molecular flexibility index (Phi) is 6.87. The lowest BCUT2D eigenvalue weighted by molar-refractivity contribution is 0.370. The average molecular weight is 453 g/mol. The van der Waals surface area contributed by atoms with Gasteiger partial charge in [0.25, 0.3) is 0 Å². The summed E-state index contributed by atoms with van der Waals surface area (Å²) in [4.78, 5) is 15.0. The third-order valence-electron chi connectivity index (χ3n) is 4.40. The molecule has 2 N–H and O–H groups in total. The maximum atomic E-state index is 4.78. The minimum Gasteiger partial charge on any atom is -0.357 e. The van der Waals surface area contributed by atoms with Gasteiger partial charge in [-0.15, -0.1) is 24.0 Å². The van der Waals surface area contributed by atoms with Gasteiger partial charge < -0.3 is 15.2 Å². The van der Waals surface area contributed by atoms with Gasteiger partial charge in [-0.1, -0.05) is 44.2 Å². The lowest BCUT2D eigenvalue weighted by Gasteiger charge is -2.23. The summed E-state index contributed by atoms with van der Waals surface area (Å²) < 4.78 is 0. The zero-order valence-corrected chi connectivity index (χ0v) is 17.6. The fourth-order valence-electron chi connectivity index (χ4n) is 3.08. The molecule has 136 valence electrons. The van der Waals surface area contributed by atoms with Gasteiger partial charge in [0.15, 0.2) is 5.96 Å². The molecule has 0 aliphatic carbocycles. The van der Waals surface area contributed by atoms with Crippen LogP contribution >= 0.6 is 24.0 Å². The molecule has 1 aromatic heterocycles. The minimum absolute atomic E-state index is 0. The number of guanidine groups is 1. The Labute approximate surface area is 167 Å². The summed E-state index contributed by atoms with van der Waals surface area (Å²) >= 11 is 0. The number of H-pyrrole nitrogens is 1. The molecule has 0 spiro atoms. The molecule has 1 aliphatic heterocycles. The maximum Gasteiger partial charge on any atom is 0.194 e. The smallest absolute Gasteiger partial charge is 0.194 e. The highest BCUT2D eigenvalue weighted by atomic mass is 127. The van der Waals surface area contributed by atoms with Gasteiger partial charge in [-0.25, -0.2) is 9.98 Å². The predicted molar refractivity (Wildman–Crippen MR) is 114 cm³/mol. The first-order valence-electron chi connectivity index (χ1n) is 8.70. The van der Waals surface area contributed by atoms with Crippen LogP contribution in [0.5, 0.6) is 0 Å². The number of aromatic amines is 1. The number of aliphatic imine (C=N–C) groups is 1. The van der Waals surface area contributed by atoms with Crippen LogP contribution in [0.25, 0.3) is 11.3 Å². The molecule has 0 unspecified atom stereocenters. The van der Waals surface area contributed by atoms with Crippen molar-refractivity contribution < 1.29 is 0 Å². The van der Waals surface area contributed by atoms with E-state index in [1.807, 2.05) is 24.4 Å². The number of hydrogen-bond donors (Lipinski definition) is 2. The third kappa shape index (κ3) is 5.20. The van der Waals surface area contributed by atoms with Crippen molar-refractivity contribution in [3.05, 3.63) is 42.4 Å². The van der Waals surface area contributed by atoms with Crippen molar-refractivity contribution in [2.24, 2.45) is 10.4 Å². The van der Waals surface area contributed by atoms with E-state index in [2.05, 4.69) is 53.1 Å². The van der Waals surface area contributed by atoms with Crippen LogP contribution < -0.4 is 5.32 Å². The van der Waals surface area contributed by atoms with Crippen LogP contribution in [0.4, 0.5) is 0 Å². The topological polar surface area (TPSA) is 56.3 Å². The molecular formula is C19H28IN5. The maximum absolute atomic E-state index is 4.78. The number of halogens is 1. The van der Waals surface area contributed by atoms with Crippen molar-refractivity contribution in [2.75, 3.05) is 19.6 Å². The van der Waals surface area contributed by atoms with E-state index < -0.39 is 0 Å². The van der Waals surface area contributed by atoms with E-state index in [4.69, 9.17) is 4.99 Å². The van der Waals surface area contributed by atoms with Crippen LogP contribution in [0.3, 0.4) is 0 Å². The van der Waals surface area contributed by atoms with E-state index in [1.54, 1.807) is 0 Å². The van der Waals surface area contributed by atoms with Crippen LogP contribution in [0.1, 0.15) is 33.0 Å². The standard InChI is InChI=1S/C19H27N5.HI/c1-4-20-18(24-11-10-19(2,3)14-24)22-13-17-21-12-16(23-17)15-8-6-5-7-9-15;/h5-9,12H,4,10-11,13-14H2,1-3H3,(H,20,22)(H,21,23);1H. The number of hydrogen-bond acceptors (Lipinski definition) is 2. The van der Waals surface area contributed by atoms with Gasteiger partial charge in [-0.05, 0) is 24.3 Å². The summed E-state index contributed by atoms with van der Waals surface area (Å²) in [6, 6.07) is 10.2. The van der Waals surface area contributed by atoms with Crippen LogP contribution in [-0.4, -0.2) is 40.5 Å². The van der Waals surface area contributed by atoms with E-state index in [0.717, 1.165) is 42.7 Å². The van der Waals surface area contributed by atoms with Crippen molar-refractivity contribution in [2.45, 2.75) is 33.7 Å². The molecule has 0 radical (unpaired) electrons. The average Bonchev–Trinajstić information content (AvgIpc) is 3.19. The van der Waals surface area contributed by atoms with Crippen molar-refractivity contribution in [3.63, 3.8) is 0 Å². The Bertz CT molecular complexity index is 693. The van der Waals surface area contributed by atoms with Gasteiger partial charge in [0.2, 0.25) is 0 Å². The molecule has 0 bridgehead atoms. The summed E-state index contributed by atoms with van der Waals surface area (Å²) in [5.74, 6) is 1.88. The highest BCUT2D eigenvalue weighted by Gasteiger charge is 2.30. The number of imidazole rings is 1. The first kappa shape index (κ1) is 19.8. The molecule has 2 aromatic rings. The summed E-state index contributed by atoms with van der Waals surface area (Å²) in [5.41, 5.74) is 2.54. The van der Waals surface area contributed by atoms with Crippen molar-refractivity contribution in [1.29, 1.82) is 0 Å². The van der Waals surface area contributed by atoms with E-state index in [-0.39, 0.29) is 24.0 Å². The first-order valence-corrected chi connectivity index (χ1v) is 8.70. The Balaban J connectivity index is 0.00000225. The van der Waals surface area contributed by atoms with Crippen LogP contribution in [0.2, 0.25) is 0 Å². The SMILES string of the molecule is CCNC(=NCc1ncc(-c2ccccc2)[nH]1)N1CCC(C)(C)C1.I. The summed E-state index contributed by atoms with van der Waals surface area (Å²) in [7, 11) is 0. The molecule has 2 heterocycles. The second-order valence-corrected chi connectivity index (χ2v) is 7.12. The number of nitrogens with zero attached hydrogens (tertiary/aromatic N) is 3. The zero-order valence-electron chi connectivity index (χ0n) is 15.2. The van der Waals surface area contributed by atoms with Crippen molar-refractivity contribution >= 4 is 29.9 Å². The summed E-state index contributed by atoms with van der Waals surface area (Å²) in [6.07, 6.45) is 3.09. The largest absolute Gasteiger partial charge is 0.357 e. The van der Waals surface area contributed by atoms with E-state index in [9.17, 15) is 0 Å². The predicted octanol–water partition coefficient (Wildman–Crippen LogP) is 3.89. The second-order valence-electron chi connectivity index (χ2n) is 7.12. The highest BCUT2D eigenvalue weighted by molar-refractivity contribution is 14.0. The van der Waals surface area contributed by atoms with Gasteiger partial charge in [0.1, 0.15) is 12.4 Å². The molecule has 1 aromatic carbocycles. The first-order chi connectivity index (χ1) is 11.6. The van der Waals surface area contributed by atoms with Crippen LogP contribution in [0, 0.1) is 5.41 Å². The molecule has 5 nitrogen and oxygen atoms in total. The van der Waals surface area contributed by atoms with Gasteiger partial charge in [-0.3, -0.25) is 0 Å². The van der Waals surface area contributed by atoms with Gasteiger partial charge >= 0.3 is 0 Å². The quantitative estimate of drug-likeness (QED) is 0.420. The highest BCUT2D eigenvalue weighted by Crippen LogP contribution is 2.28. The van der Waals surface area contributed by atoms with Gasteiger partial charge in [-0.2, -0.15) is 0 Å². The lowest BCUT2D eigenvalue weighted by Crippen LogP contribution is -2.40. The molecule has 0 saturated carbocycles. The van der Waals surface area contributed by atoms with Gasteiger partial charge in [0.05, 0.1) is 11.9 Å². The number of nitrogens with one attached hydrogen (secondary N) is 2. The molecule has 3 rings (SSSR count). The fraction of sp³-hybridized carbons (Fsp3) is 0.474. The molecule has 0 amide bonds. The molecular weight excluding hydrogens is 425 g/mol. The van der Waals surface area contributed by atoms with E-state index >= 15 is 0 Å². The van der Waals surface area contributed by atoms with Crippen LogP contribution in [0.15, 0.2) is 41.5 Å². The van der Waals surface area contributed by atoms with E-state index in [1.165, 1.54) is 6.42 Å². The Morgan fingerprint density at radius 1 is 1.32 bits per heavy atom. The summed E-state index contributed by atoms with van der Waals surface area (Å²) in [6.45, 7) is 10.3. The third-order valence-corrected chi connectivity index (χ3v) is 4.40. The molecule has 1 saturated heterocycles. The van der Waals surface area contributed by atoms with Crippen molar-refractivity contribution in [1.82, 2.24) is 20.2 Å². The Morgan fingerprint density at radius 2 is 2.08 bits per heavy atom. The molecule has 1 fully saturated rings.